The van der Waals surface area contributed by atoms with E-state index in [2.05, 4.69) is 10.3 Å². The number of benzene rings is 2. The molecule has 0 aliphatic carbocycles. The maximum atomic E-state index is 13.1. The van der Waals surface area contributed by atoms with Crippen LogP contribution in [-0.2, 0) is 17.9 Å². The molecule has 0 atom stereocenters. The molecule has 2 heterocycles. The van der Waals surface area contributed by atoms with Gasteiger partial charge in [0.25, 0.3) is 5.56 Å². The molecule has 0 saturated heterocycles. The number of hydrogen-bond acceptors (Lipinski definition) is 5. The molecule has 1 amide bonds. The number of fused-ring (bicyclic) bond motifs is 1. The molecule has 152 valence electrons. The lowest BCUT2D eigenvalue weighted by Gasteiger charge is -2.08. The summed E-state index contributed by atoms with van der Waals surface area (Å²) in [6.07, 6.45) is 1.44. The van der Waals surface area contributed by atoms with Crippen molar-refractivity contribution in [3.8, 4) is 16.9 Å². The lowest BCUT2D eigenvalue weighted by molar-refractivity contribution is -0.121. The lowest BCUT2D eigenvalue weighted by Crippen LogP contribution is -2.32. The zero-order chi connectivity index (χ0) is 20.9. The Bertz CT molecular complexity index is 1210. The van der Waals surface area contributed by atoms with Gasteiger partial charge in [0.15, 0.2) is 0 Å². The number of carbonyl (C=O) groups is 1. The number of carbonyl (C=O) groups excluding carboxylic acids is 1. The fraction of sp³-hybridized carbons (Fsp3) is 0.174. The molecule has 0 aliphatic rings. The SMILES string of the molecule is CCOc1ccc(-c2csc3ncn(CC(=O)NCc4ccccc4)c(=O)c23)cc1. The van der Waals surface area contributed by atoms with Crippen LogP contribution in [-0.4, -0.2) is 22.1 Å². The van der Waals surface area contributed by atoms with Crippen molar-refractivity contribution in [1.82, 2.24) is 14.9 Å². The van der Waals surface area contributed by atoms with Crippen LogP contribution in [0.5, 0.6) is 5.75 Å². The van der Waals surface area contributed by atoms with E-state index >= 15 is 0 Å². The van der Waals surface area contributed by atoms with Gasteiger partial charge in [-0.15, -0.1) is 11.3 Å². The van der Waals surface area contributed by atoms with Crippen molar-refractivity contribution < 1.29 is 9.53 Å². The van der Waals surface area contributed by atoms with E-state index in [1.807, 2.05) is 66.9 Å². The Balaban J connectivity index is 1.56. The van der Waals surface area contributed by atoms with Crippen LogP contribution in [0.4, 0.5) is 0 Å². The summed E-state index contributed by atoms with van der Waals surface area (Å²) in [5.41, 5.74) is 2.51. The molecule has 2 aromatic heterocycles. The summed E-state index contributed by atoms with van der Waals surface area (Å²) in [5, 5.41) is 5.30. The van der Waals surface area contributed by atoms with Crippen molar-refractivity contribution in [1.29, 1.82) is 0 Å². The van der Waals surface area contributed by atoms with Gasteiger partial charge in [-0.25, -0.2) is 4.98 Å². The minimum absolute atomic E-state index is 0.0762. The van der Waals surface area contributed by atoms with Crippen molar-refractivity contribution in [2.45, 2.75) is 20.0 Å². The minimum atomic E-state index is -0.236. The molecule has 0 saturated carbocycles. The number of amides is 1. The van der Waals surface area contributed by atoms with Gasteiger partial charge in [-0.05, 0) is 30.2 Å². The van der Waals surface area contributed by atoms with Crippen LogP contribution >= 0.6 is 11.3 Å². The van der Waals surface area contributed by atoms with Gasteiger partial charge < -0.3 is 10.1 Å². The fourth-order valence-electron chi connectivity index (χ4n) is 3.20. The molecular formula is C23H21N3O3S. The van der Waals surface area contributed by atoms with Gasteiger partial charge in [0.1, 0.15) is 17.1 Å². The van der Waals surface area contributed by atoms with E-state index in [4.69, 9.17) is 4.74 Å². The molecule has 30 heavy (non-hydrogen) atoms. The number of ether oxygens (including phenoxy) is 1. The molecule has 2 aromatic carbocycles. The molecule has 4 aromatic rings. The molecule has 6 nitrogen and oxygen atoms in total. The van der Waals surface area contributed by atoms with E-state index in [9.17, 15) is 9.59 Å². The van der Waals surface area contributed by atoms with Gasteiger partial charge in [-0.3, -0.25) is 14.2 Å². The molecule has 0 radical (unpaired) electrons. The second-order valence-electron chi connectivity index (χ2n) is 6.73. The van der Waals surface area contributed by atoms with Gasteiger partial charge in [-0.2, -0.15) is 0 Å². The highest BCUT2D eigenvalue weighted by molar-refractivity contribution is 7.17. The smallest absolute Gasteiger partial charge is 0.263 e. The van der Waals surface area contributed by atoms with E-state index < -0.39 is 0 Å². The molecule has 0 fully saturated rings. The predicted octanol–water partition coefficient (Wildman–Crippen LogP) is 3.84. The van der Waals surface area contributed by atoms with Crippen LogP contribution in [0.3, 0.4) is 0 Å². The number of nitrogens with zero attached hydrogens (tertiary/aromatic N) is 2. The Morgan fingerprint density at radius 3 is 2.63 bits per heavy atom. The van der Waals surface area contributed by atoms with Gasteiger partial charge >= 0.3 is 0 Å². The summed E-state index contributed by atoms with van der Waals surface area (Å²) in [6.45, 7) is 2.87. The number of nitrogens with one attached hydrogen (secondary N) is 1. The molecule has 0 unspecified atom stereocenters. The standard InChI is InChI=1S/C23H21N3O3S/c1-2-29-18-10-8-17(9-11-18)19-14-30-22-21(19)23(28)26(15-25-22)13-20(27)24-12-16-6-4-3-5-7-16/h3-11,14-15H,2,12-13H2,1H3,(H,24,27). The highest BCUT2D eigenvalue weighted by Crippen LogP contribution is 2.31. The van der Waals surface area contributed by atoms with E-state index in [1.54, 1.807) is 0 Å². The average Bonchev–Trinajstić information content (AvgIpc) is 3.21. The zero-order valence-electron chi connectivity index (χ0n) is 16.5. The average molecular weight is 420 g/mol. The lowest BCUT2D eigenvalue weighted by atomic mass is 10.1. The van der Waals surface area contributed by atoms with E-state index in [0.717, 1.165) is 22.4 Å². The Morgan fingerprint density at radius 2 is 1.90 bits per heavy atom. The maximum Gasteiger partial charge on any atom is 0.263 e. The Morgan fingerprint density at radius 1 is 1.13 bits per heavy atom. The van der Waals surface area contributed by atoms with E-state index in [1.165, 1.54) is 22.2 Å². The Labute approximate surface area is 177 Å². The van der Waals surface area contributed by atoms with Crippen LogP contribution in [0.25, 0.3) is 21.3 Å². The molecule has 0 bridgehead atoms. The molecule has 0 spiro atoms. The first kappa shape index (κ1) is 19.8. The fourth-order valence-corrected chi connectivity index (χ4v) is 4.10. The first-order valence-electron chi connectivity index (χ1n) is 9.66. The van der Waals surface area contributed by atoms with Crippen molar-refractivity contribution in [2.75, 3.05) is 6.61 Å². The summed E-state index contributed by atoms with van der Waals surface area (Å²) in [4.78, 5) is 30.5. The van der Waals surface area contributed by atoms with Crippen LogP contribution in [0, 0.1) is 0 Å². The van der Waals surface area contributed by atoms with Crippen molar-refractivity contribution in [3.63, 3.8) is 0 Å². The van der Waals surface area contributed by atoms with Crippen LogP contribution in [0.2, 0.25) is 0 Å². The third-order valence-corrected chi connectivity index (χ3v) is 5.57. The quantitative estimate of drug-likeness (QED) is 0.494. The van der Waals surface area contributed by atoms with Crippen molar-refractivity contribution >= 4 is 27.5 Å². The normalized spacial score (nSPS) is 10.8. The number of rotatable bonds is 7. The summed E-state index contributed by atoms with van der Waals surface area (Å²) < 4.78 is 6.84. The third kappa shape index (κ3) is 4.26. The monoisotopic (exact) mass is 419 g/mol. The van der Waals surface area contributed by atoms with Gasteiger partial charge in [0, 0.05) is 17.5 Å². The van der Waals surface area contributed by atoms with Gasteiger partial charge in [0.05, 0.1) is 18.3 Å². The molecule has 7 heteroatoms. The maximum absolute atomic E-state index is 13.1. The minimum Gasteiger partial charge on any atom is -0.494 e. The number of aromatic nitrogens is 2. The van der Waals surface area contributed by atoms with E-state index in [0.29, 0.717) is 23.4 Å². The second kappa shape index (κ2) is 8.92. The van der Waals surface area contributed by atoms with E-state index in [-0.39, 0.29) is 18.0 Å². The first-order valence-corrected chi connectivity index (χ1v) is 10.5. The second-order valence-corrected chi connectivity index (χ2v) is 7.58. The van der Waals surface area contributed by atoms with Crippen LogP contribution in [0.1, 0.15) is 12.5 Å². The van der Waals surface area contributed by atoms with Crippen molar-refractivity contribution in [3.05, 3.63) is 82.2 Å². The van der Waals surface area contributed by atoms with Gasteiger partial charge in [-0.1, -0.05) is 42.5 Å². The zero-order valence-corrected chi connectivity index (χ0v) is 17.3. The predicted molar refractivity (Wildman–Crippen MR) is 119 cm³/mol. The summed E-state index contributed by atoms with van der Waals surface area (Å²) in [7, 11) is 0. The van der Waals surface area contributed by atoms with Gasteiger partial charge in [0.2, 0.25) is 5.91 Å². The first-order chi connectivity index (χ1) is 14.7. The molecule has 1 N–H and O–H groups in total. The molecule has 4 rings (SSSR count). The Kier molecular flexibility index (Phi) is 5.90. The molecule has 0 aliphatic heterocycles. The summed E-state index contributed by atoms with van der Waals surface area (Å²) >= 11 is 1.42. The third-order valence-electron chi connectivity index (χ3n) is 4.68. The van der Waals surface area contributed by atoms with Crippen LogP contribution < -0.4 is 15.6 Å². The topological polar surface area (TPSA) is 73.2 Å². The number of thiophene rings is 1. The summed E-state index contributed by atoms with van der Waals surface area (Å²) in [6, 6.07) is 17.3. The Hall–Kier alpha value is -3.45. The van der Waals surface area contributed by atoms with Crippen LogP contribution in [0.15, 0.2) is 71.1 Å². The highest BCUT2D eigenvalue weighted by Gasteiger charge is 2.15. The largest absolute Gasteiger partial charge is 0.494 e. The summed E-state index contributed by atoms with van der Waals surface area (Å²) in [5.74, 6) is 0.548. The molecular weight excluding hydrogens is 398 g/mol. The van der Waals surface area contributed by atoms with Crippen molar-refractivity contribution in [2.24, 2.45) is 0 Å². The number of hydrogen-bond donors (Lipinski definition) is 1. The highest BCUT2D eigenvalue weighted by atomic mass is 32.1.